The van der Waals surface area contributed by atoms with E-state index in [0.29, 0.717) is 17.9 Å². The third kappa shape index (κ3) is 3.52. The molecule has 2 aromatic carbocycles. The van der Waals surface area contributed by atoms with Crippen LogP contribution in [0.15, 0.2) is 65.8 Å². The maximum atomic E-state index is 10.6. The maximum absolute atomic E-state index is 10.6. The van der Waals surface area contributed by atoms with E-state index < -0.39 is 24.5 Å². The zero-order valence-electron chi connectivity index (χ0n) is 17.5. The summed E-state index contributed by atoms with van der Waals surface area (Å²) >= 11 is 0. The summed E-state index contributed by atoms with van der Waals surface area (Å²) in [5, 5.41) is 31.8. The molecule has 5 rings (SSSR count). The van der Waals surface area contributed by atoms with Crippen LogP contribution in [0.25, 0.3) is 11.1 Å². The smallest absolute Gasteiger partial charge is 0.164 e. The van der Waals surface area contributed by atoms with Crippen LogP contribution in [-0.4, -0.2) is 44.4 Å². The van der Waals surface area contributed by atoms with E-state index in [2.05, 4.69) is 16.5 Å². The number of hydrazine groups is 1. The fourth-order valence-electron chi connectivity index (χ4n) is 4.20. The minimum atomic E-state index is -1.05. The molecule has 1 fully saturated rings. The number of fused-ring (bicyclic) bond motifs is 1. The Bertz CT molecular complexity index is 1200. The average Bonchev–Trinajstić information content (AvgIpc) is 3.32. The SMILES string of the molecule is C[C@H]1O[C@@H](n2cc(-c3ccccc3)c3c2N=CN(Nc2cccc(C#N)c2)C3)[C@H](O)[C@@H]1O. The second-order valence-corrected chi connectivity index (χ2v) is 8.01. The number of aliphatic hydroxyl groups is 2. The van der Waals surface area contributed by atoms with Gasteiger partial charge in [-0.1, -0.05) is 36.4 Å². The molecule has 1 aromatic heterocycles. The second-order valence-electron chi connectivity index (χ2n) is 8.01. The molecule has 1 saturated heterocycles. The normalized spacial score (nSPS) is 24.2. The third-order valence-corrected chi connectivity index (χ3v) is 5.86. The summed E-state index contributed by atoms with van der Waals surface area (Å²) in [6, 6.07) is 19.3. The number of aliphatic imine (C=N–C) groups is 1. The van der Waals surface area contributed by atoms with Crippen molar-refractivity contribution in [2.24, 2.45) is 4.99 Å². The number of benzene rings is 2. The zero-order chi connectivity index (χ0) is 22.2. The molecule has 0 spiro atoms. The molecular weight excluding hydrogens is 406 g/mol. The highest BCUT2D eigenvalue weighted by molar-refractivity contribution is 5.77. The molecule has 8 nitrogen and oxygen atoms in total. The molecule has 0 amide bonds. The van der Waals surface area contributed by atoms with E-state index in [9.17, 15) is 10.2 Å². The monoisotopic (exact) mass is 429 g/mol. The van der Waals surface area contributed by atoms with E-state index in [1.807, 2.05) is 53.7 Å². The van der Waals surface area contributed by atoms with E-state index in [0.717, 1.165) is 22.4 Å². The molecule has 32 heavy (non-hydrogen) atoms. The van der Waals surface area contributed by atoms with Crippen molar-refractivity contribution in [1.82, 2.24) is 9.58 Å². The number of ether oxygens (including phenoxy) is 1. The highest BCUT2D eigenvalue weighted by Gasteiger charge is 2.42. The fourth-order valence-corrected chi connectivity index (χ4v) is 4.20. The number of hydrogen-bond donors (Lipinski definition) is 3. The van der Waals surface area contributed by atoms with Crippen LogP contribution in [0.2, 0.25) is 0 Å². The molecule has 0 unspecified atom stereocenters. The van der Waals surface area contributed by atoms with Crippen LogP contribution in [0, 0.1) is 11.3 Å². The zero-order valence-corrected chi connectivity index (χ0v) is 17.5. The second kappa shape index (κ2) is 8.13. The van der Waals surface area contributed by atoms with Gasteiger partial charge in [-0.15, -0.1) is 0 Å². The minimum Gasteiger partial charge on any atom is -0.388 e. The lowest BCUT2D eigenvalue weighted by Crippen LogP contribution is -2.31. The van der Waals surface area contributed by atoms with Crippen molar-refractivity contribution in [3.8, 4) is 17.2 Å². The molecule has 2 aliphatic heterocycles. The largest absolute Gasteiger partial charge is 0.388 e. The average molecular weight is 429 g/mol. The van der Waals surface area contributed by atoms with Gasteiger partial charge in [0.15, 0.2) is 6.23 Å². The number of nitrogens with one attached hydrogen (secondary N) is 1. The molecule has 3 N–H and O–H groups in total. The van der Waals surface area contributed by atoms with Gasteiger partial charge >= 0.3 is 0 Å². The Labute approximate surface area is 185 Å². The molecule has 3 heterocycles. The lowest BCUT2D eigenvalue weighted by molar-refractivity contribution is -0.0308. The first kappa shape index (κ1) is 20.3. The van der Waals surface area contributed by atoms with E-state index in [-0.39, 0.29) is 0 Å². The quantitative estimate of drug-likeness (QED) is 0.588. The topological polar surface area (TPSA) is 106 Å². The summed E-state index contributed by atoms with van der Waals surface area (Å²) in [5.41, 5.74) is 7.59. The van der Waals surface area contributed by atoms with Gasteiger partial charge in [-0.25, -0.2) is 4.99 Å². The van der Waals surface area contributed by atoms with E-state index >= 15 is 0 Å². The number of anilines is 1. The Kier molecular flexibility index (Phi) is 5.15. The number of nitrogens with zero attached hydrogens (tertiary/aromatic N) is 4. The van der Waals surface area contributed by atoms with Crippen LogP contribution in [0.3, 0.4) is 0 Å². The van der Waals surface area contributed by atoms with Crippen LogP contribution in [0.4, 0.5) is 11.5 Å². The van der Waals surface area contributed by atoms with Gasteiger partial charge in [0.2, 0.25) is 0 Å². The van der Waals surface area contributed by atoms with Gasteiger partial charge in [0, 0.05) is 17.3 Å². The highest BCUT2D eigenvalue weighted by atomic mass is 16.6. The number of nitriles is 1. The van der Waals surface area contributed by atoms with Crippen molar-refractivity contribution in [2.75, 3.05) is 5.43 Å². The molecule has 162 valence electrons. The van der Waals surface area contributed by atoms with Crippen LogP contribution in [0.5, 0.6) is 0 Å². The first-order chi connectivity index (χ1) is 15.5. The summed E-state index contributed by atoms with van der Waals surface area (Å²) in [6.07, 6.45) is 0.381. The van der Waals surface area contributed by atoms with Crippen molar-refractivity contribution in [3.63, 3.8) is 0 Å². The lowest BCUT2D eigenvalue weighted by atomic mass is 10.0. The Morgan fingerprint density at radius 2 is 1.94 bits per heavy atom. The van der Waals surface area contributed by atoms with Crippen molar-refractivity contribution in [2.45, 2.75) is 38.0 Å². The van der Waals surface area contributed by atoms with Crippen molar-refractivity contribution < 1.29 is 14.9 Å². The number of rotatable bonds is 4. The first-order valence-electron chi connectivity index (χ1n) is 10.4. The van der Waals surface area contributed by atoms with Gasteiger partial charge in [-0.2, -0.15) is 5.26 Å². The summed E-state index contributed by atoms with van der Waals surface area (Å²) in [4.78, 5) is 4.65. The molecule has 0 aliphatic carbocycles. The minimum absolute atomic E-state index is 0.480. The van der Waals surface area contributed by atoms with E-state index in [1.54, 1.807) is 30.0 Å². The molecule has 0 bridgehead atoms. The van der Waals surface area contributed by atoms with Crippen LogP contribution in [0.1, 0.15) is 24.3 Å². The lowest BCUT2D eigenvalue weighted by Gasteiger charge is -2.26. The van der Waals surface area contributed by atoms with Gasteiger partial charge < -0.3 is 19.5 Å². The van der Waals surface area contributed by atoms with E-state index in [1.165, 1.54) is 0 Å². The maximum Gasteiger partial charge on any atom is 0.164 e. The highest BCUT2D eigenvalue weighted by Crippen LogP contribution is 2.41. The van der Waals surface area contributed by atoms with Gasteiger partial charge in [0.25, 0.3) is 0 Å². The first-order valence-corrected chi connectivity index (χ1v) is 10.4. The van der Waals surface area contributed by atoms with Crippen molar-refractivity contribution in [3.05, 3.63) is 71.9 Å². The van der Waals surface area contributed by atoms with Crippen LogP contribution < -0.4 is 5.43 Å². The van der Waals surface area contributed by atoms with Gasteiger partial charge in [0.1, 0.15) is 24.4 Å². The molecule has 4 atom stereocenters. The summed E-state index contributed by atoms with van der Waals surface area (Å²) in [6.45, 7) is 2.25. The van der Waals surface area contributed by atoms with E-state index in [4.69, 9.17) is 10.00 Å². The van der Waals surface area contributed by atoms with Crippen molar-refractivity contribution in [1.29, 1.82) is 5.26 Å². The number of aliphatic hydroxyl groups excluding tert-OH is 2. The van der Waals surface area contributed by atoms with Crippen molar-refractivity contribution >= 4 is 17.8 Å². The molecule has 2 aliphatic rings. The predicted molar refractivity (Wildman–Crippen MR) is 120 cm³/mol. The van der Waals surface area contributed by atoms with Gasteiger partial charge in [-0.05, 0) is 30.7 Å². The Balaban J connectivity index is 1.52. The summed E-state index contributed by atoms with van der Waals surface area (Å²) in [5.74, 6) is 0.679. The molecular formula is C24H23N5O3. The van der Waals surface area contributed by atoms with Gasteiger partial charge in [-0.3, -0.25) is 10.4 Å². The molecule has 8 heteroatoms. The summed E-state index contributed by atoms with van der Waals surface area (Å²) in [7, 11) is 0. The van der Waals surface area contributed by atoms with Crippen LogP contribution in [-0.2, 0) is 11.3 Å². The van der Waals surface area contributed by atoms with Gasteiger partial charge in [0.05, 0.1) is 30.0 Å². The number of aromatic nitrogens is 1. The Morgan fingerprint density at radius 3 is 2.66 bits per heavy atom. The Morgan fingerprint density at radius 1 is 1.12 bits per heavy atom. The molecule has 0 saturated carbocycles. The molecule has 0 radical (unpaired) electrons. The molecule has 3 aromatic rings. The Hall–Kier alpha value is -3.64. The summed E-state index contributed by atoms with van der Waals surface area (Å²) < 4.78 is 7.67. The standard InChI is InChI=1S/C24H23N5O3/c1-15-21(30)22(31)24(32-15)29-13-19(17-7-3-2-4-8-17)20-12-28(14-26-23(20)29)27-18-9-5-6-16(10-18)11-25/h2-10,13-15,21-22,24,27,30-31H,12H2,1H3/t15-,21-,22-,24-/m1/s1. The number of hydrogen-bond acceptors (Lipinski definition) is 7. The predicted octanol–water partition coefficient (Wildman–Crippen LogP) is 3.17. The van der Waals surface area contributed by atoms with Crippen LogP contribution >= 0.6 is 0 Å². The fraction of sp³-hybridized carbons (Fsp3) is 0.250. The third-order valence-electron chi connectivity index (χ3n) is 5.86.